The van der Waals surface area contributed by atoms with Crippen molar-refractivity contribution in [3.63, 3.8) is 0 Å². The number of halogens is 1. The number of nitrogens with zero attached hydrogens (tertiary/aromatic N) is 2. The molecule has 1 aromatic heterocycles. The molecule has 2 heterocycles. The summed E-state index contributed by atoms with van der Waals surface area (Å²) >= 11 is 1.81. The molecule has 0 bridgehead atoms. The Morgan fingerprint density at radius 1 is 1.12 bits per heavy atom. The molecule has 1 saturated heterocycles. The Hall–Kier alpha value is -1.21. The molecule has 0 atom stereocenters. The highest BCUT2D eigenvalue weighted by atomic mass is 35.5. The van der Waals surface area contributed by atoms with Gasteiger partial charge in [0, 0.05) is 36.8 Å². The van der Waals surface area contributed by atoms with E-state index in [2.05, 4.69) is 17.9 Å². The highest BCUT2D eigenvalue weighted by Gasteiger charge is 2.12. The van der Waals surface area contributed by atoms with Gasteiger partial charge in [-0.05, 0) is 24.6 Å². The summed E-state index contributed by atoms with van der Waals surface area (Å²) in [6.07, 6.45) is 0. The zero-order valence-electron chi connectivity index (χ0n) is 14.9. The molecule has 7 heteroatoms. The van der Waals surface area contributed by atoms with E-state index in [9.17, 15) is 0 Å². The number of ether oxygens (including phenoxy) is 3. The molecule has 3 rings (SSSR count). The van der Waals surface area contributed by atoms with E-state index in [1.54, 1.807) is 14.2 Å². The van der Waals surface area contributed by atoms with Crippen LogP contribution in [0.5, 0.6) is 11.5 Å². The number of aromatic nitrogens is 1. The first-order chi connectivity index (χ1) is 11.7. The lowest BCUT2D eigenvalue weighted by Crippen LogP contribution is -2.37. The minimum Gasteiger partial charge on any atom is -0.493 e. The molecule has 0 N–H and O–H groups in total. The zero-order valence-corrected chi connectivity index (χ0v) is 16.5. The van der Waals surface area contributed by atoms with E-state index in [0.717, 1.165) is 60.3 Å². The van der Waals surface area contributed by atoms with Crippen LogP contribution in [-0.4, -0.2) is 62.7 Å². The maximum Gasteiger partial charge on any atom is 0.162 e. The Balaban J connectivity index is 0.00000225. The lowest BCUT2D eigenvalue weighted by atomic mass is 10.1. The molecule has 0 amide bonds. The molecule has 1 aromatic carbocycles. The van der Waals surface area contributed by atoms with Crippen LogP contribution in [0.1, 0.15) is 5.56 Å². The van der Waals surface area contributed by atoms with Crippen molar-refractivity contribution in [1.82, 2.24) is 9.88 Å². The van der Waals surface area contributed by atoms with Crippen molar-refractivity contribution in [2.45, 2.75) is 11.9 Å². The second-order valence-corrected chi connectivity index (χ2v) is 6.90. The van der Waals surface area contributed by atoms with Gasteiger partial charge in [0.05, 0.1) is 38.0 Å². The lowest BCUT2D eigenvalue weighted by Gasteiger charge is -2.26. The molecule has 0 saturated carbocycles. The van der Waals surface area contributed by atoms with Crippen molar-refractivity contribution in [1.29, 1.82) is 0 Å². The molecule has 25 heavy (non-hydrogen) atoms. The first-order valence-electron chi connectivity index (χ1n) is 8.17. The Morgan fingerprint density at radius 2 is 1.80 bits per heavy atom. The standard InChI is InChI=1S/C18H24N2O3S.ClH/c1-13-10-14-11-16(21-2)17(22-3)12-15(14)19-18(13)24-9-6-20-4-7-23-8-5-20;/h10-12H,4-9H2,1-3H3;1H. The van der Waals surface area contributed by atoms with Crippen LogP contribution >= 0.6 is 24.2 Å². The van der Waals surface area contributed by atoms with Crippen molar-refractivity contribution in [2.75, 3.05) is 52.8 Å². The number of hydrogen-bond donors (Lipinski definition) is 0. The summed E-state index contributed by atoms with van der Waals surface area (Å²) in [5.41, 5.74) is 2.13. The minimum absolute atomic E-state index is 0. The number of hydrogen-bond acceptors (Lipinski definition) is 6. The van der Waals surface area contributed by atoms with E-state index < -0.39 is 0 Å². The predicted molar refractivity (Wildman–Crippen MR) is 105 cm³/mol. The van der Waals surface area contributed by atoms with Crippen LogP contribution in [0.25, 0.3) is 10.9 Å². The van der Waals surface area contributed by atoms with Crippen LogP contribution in [0.4, 0.5) is 0 Å². The van der Waals surface area contributed by atoms with E-state index in [-0.39, 0.29) is 12.4 Å². The highest BCUT2D eigenvalue weighted by Crippen LogP contribution is 2.33. The summed E-state index contributed by atoms with van der Waals surface area (Å²) in [5, 5.41) is 2.16. The van der Waals surface area contributed by atoms with Gasteiger partial charge >= 0.3 is 0 Å². The Bertz CT molecular complexity index is 708. The molecule has 138 valence electrons. The van der Waals surface area contributed by atoms with Crippen molar-refractivity contribution < 1.29 is 14.2 Å². The van der Waals surface area contributed by atoms with Gasteiger partial charge in [0.2, 0.25) is 0 Å². The Labute approximate surface area is 159 Å². The van der Waals surface area contributed by atoms with Crippen molar-refractivity contribution in [3.8, 4) is 11.5 Å². The average Bonchev–Trinajstić information content (AvgIpc) is 2.62. The number of morpholine rings is 1. The maximum atomic E-state index is 5.39. The molecule has 0 spiro atoms. The van der Waals surface area contributed by atoms with Crippen LogP contribution in [0, 0.1) is 6.92 Å². The fourth-order valence-electron chi connectivity index (χ4n) is 2.83. The third-order valence-electron chi connectivity index (χ3n) is 4.21. The molecule has 2 aromatic rings. The molecular weight excluding hydrogens is 360 g/mol. The fourth-order valence-corrected chi connectivity index (χ4v) is 3.82. The van der Waals surface area contributed by atoms with E-state index >= 15 is 0 Å². The quantitative estimate of drug-likeness (QED) is 0.711. The average molecular weight is 385 g/mol. The second-order valence-electron chi connectivity index (χ2n) is 5.81. The highest BCUT2D eigenvalue weighted by molar-refractivity contribution is 7.99. The van der Waals surface area contributed by atoms with Crippen molar-refractivity contribution in [2.24, 2.45) is 0 Å². The van der Waals surface area contributed by atoms with Crippen LogP contribution in [0.15, 0.2) is 23.2 Å². The maximum absolute atomic E-state index is 5.39. The van der Waals surface area contributed by atoms with Gasteiger partial charge in [-0.1, -0.05) is 0 Å². The lowest BCUT2D eigenvalue weighted by molar-refractivity contribution is 0.0410. The topological polar surface area (TPSA) is 43.8 Å². The number of methoxy groups -OCH3 is 2. The van der Waals surface area contributed by atoms with Crippen LogP contribution in [0.3, 0.4) is 0 Å². The molecule has 1 aliphatic rings. The second kappa shape index (κ2) is 9.48. The molecular formula is C18H25ClN2O3S. The van der Waals surface area contributed by atoms with Crippen molar-refractivity contribution >= 4 is 35.1 Å². The summed E-state index contributed by atoms with van der Waals surface area (Å²) in [6, 6.07) is 6.09. The SMILES string of the molecule is COc1cc2cc(C)c(SCCN3CCOCC3)nc2cc1OC.Cl. The number of fused-ring (bicyclic) bond motifs is 1. The first kappa shape index (κ1) is 20.1. The van der Waals surface area contributed by atoms with E-state index in [4.69, 9.17) is 19.2 Å². The van der Waals surface area contributed by atoms with E-state index in [1.165, 1.54) is 5.56 Å². The number of rotatable bonds is 6. The van der Waals surface area contributed by atoms with Gasteiger partial charge in [0.25, 0.3) is 0 Å². The Kier molecular flexibility index (Phi) is 7.62. The number of pyridine rings is 1. The van der Waals surface area contributed by atoms with Gasteiger partial charge in [-0.15, -0.1) is 24.2 Å². The molecule has 0 aliphatic carbocycles. The minimum atomic E-state index is 0. The summed E-state index contributed by atoms with van der Waals surface area (Å²) < 4.78 is 16.1. The summed E-state index contributed by atoms with van der Waals surface area (Å²) in [4.78, 5) is 7.27. The van der Waals surface area contributed by atoms with Gasteiger partial charge < -0.3 is 14.2 Å². The third-order valence-corrected chi connectivity index (χ3v) is 5.29. The van der Waals surface area contributed by atoms with Crippen LogP contribution in [-0.2, 0) is 4.74 Å². The summed E-state index contributed by atoms with van der Waals surface area (Å²) in [5.74, 6) is 2.48. The van der Waals surface area contributed by atoms with Crippen LogP contribution in [0.2, 0.25) is 0 Å². The van der Waals surface area contributed by atoms with Gasteiger partial charge in [-0.3, -0.25) is 4.90 Å². The number of benzene rings is 1. The smallest absolute Gasteiger partial charge is 0.162 e. The first-order valence-corrected chi connectivity index (χ1v) is 9.16. The van der Waals surface area contributed by atoms with E-state index in [1.807, 2.05) is 23.9 Å². The molecule has 5 nitrogen and oxygen atoms in total. The fraction of sp³-hybridized carbons (Fsp3) is 0.500. The van der Waals surface area contributed by atoms with Gasteiger partial charge in [-0.25, -0.2) is 4.98 Å². The van der Waals surface area contributed by atoms with E-state index in [0.29, 0.717) is 5.75 Å². The monoisotopic (exact) mass is 384 g/mol. The summed E-state index contributed by atoms with van der Waals surface area (Å²) in [7, 11) is 3.30. The van der Waals surface area contributed by atoms with Gasteiger partial charge in [0.1, 0.15) is 0 Å². The third kappa shape index (κ3) is 4.91. The van der Waals surface area contributed by atoms with Crippen molar-refractivity contribution in [3.05, 3.63) is 23.8 Å². The number of aryl methyl sites for hydroxylation is 1. The van der Waals surface area contributed by atoms with Crippen LogP contribution < -0.4 is 9.47 Å². The van der Waals surface area contributed by atoms with Gasteiger partial charge in [0.15, 0.2) is 11.5 Å². The molecule has 1 aliphatic heterocycles. The molecule has 0 radical (unpaired) electrons. The normalized spacial score (nSPS) is 15.0. The molecule has 1 fully saturated rings. The van der Waals surface area contributed by atoms with Gasteiger partial charge in [-0.2, -0.15) is 0 Å². The molecule has 0 unspecified atom stereocenters. The largest absolute Gasteiger partial charge is 0.493 e. The Morgan fingerprint density at radius 3 is 2.48 bits per heavy atom. The zero-order chi connectivity index (χ0) is 16.9. The predicted octanol–water partition coefficient (Wildman–Crippen LogP) is 3.41. The number of thioether (sulfide) groups is 1. The summed E-state index contributed by atoms with van der Waals surface area (Å²) in [6.45, 7) is 6.93.